The Labute approximate surface area is 181 Å². The number of likely N-dealkylation sites (tertiary alicyclic amines) is 1. The lowest BCUT2D eigenvalue weighted by Crippen LogP contribution is -2.40. The van der Waals surface area contributed by atoms with E-state index >= 15 is 0 Å². The van der Waals surface area contributed by atoms with Crippen molar-refractivity contribution in [1.29, 1.82) is 0 Å². The molecule has 4 rings (SSSR count). The normalized spacial score (nSPS) is 15.6. The summed E-state index contributed by atoms with van der Waals surface area (Å²) in [5.41, 5.74) is 3.09. The number of nitrogens with one attached hydrogen (secondary N) is 2. The summed E-state index contributed by atoms with van der Waals surface area (Å²) in [5, 5.41) is 4.08. The second-order valence-electron chi connectivity index (χ2n) is 8.03. The van der Waals surface area contributed by atoms with Crippen LogP contribution in [0.15, 0.2) is 48.8 Å². The molecule has 0 bridgehead atoms. The van der Waals surface area contributed by atoms with Gasteiger partial charge in [0.25, 0.3) is 0 Å². The zero-order chi connectivity index (χ0) is 21.8. The van der Waals surface area contributed by atoms with Gasteiger partial charge >= 0.3 is 0 Å². The van der Waals surface area contributed by atoms with Crippen LogP contribution >= 0.6 is 0 Å². The molecule has 1 aliphatic rings. The van der Waals surface area contributed by atoms with Crippen molar-refractivity contribution >= 4 is 22.8 Å². The summed E-state index contributed by atoms with van der Waals surface area (Å²) in [6, 6.07) is 11.2. The van der Waals surface area contributed by atoms with Crippen molar-refractivity contribution in [3.05, 3.63) is 59.9 Å². The van der Waals surface area contributed by atoms with E-state index in [1.54, 1.807) is 13.3 Å². The molecule has 31 heavy (non-hydrogen) atoms. The third-order valence-corrected chi connectivity index (χ3v) is 6.05. The van der Waals surface area contributed by atoms with Gasteiger partial charge in [-0.3, -0.25) is 9.59 Å². The lowest BCUT2D eigenvalue weighted by molar-refractivity contribution is -0.133. The molecule has 0 aliphatic carbocycles. The second-order valence-corrected chi connectivity index (χ2v) is 8.03. The van der Waals surface area contributed by atoms with Gasteiger partial charge in [0.1, 0.15) is 11.4 Å². The van der Waals surface area contributed by atoms with Crippen LogP contribution in [0.5, 0.6) is 5.75 Å². The van der Waals surface area contributed by atoms with Gasteiger partial charge in [0.2, 0.25) is 11.8 Å². The molecule has 2 amide bonds. The molecule has 1 unspecified atom stereocenters. The van der Waals surface area contributed by atoms with Crippen LogP contribution in [0.4, 0.5) is 0 Å². The van der Waals surface area contributed by atoms with Gasteiger partial charge in [0.05, 0.1) is 19.6 Å². The molecule has 1 aliphatic heterocycles. The van der Waals surface area contributed by atoms with Gasteiger partial charge in [-0.1, -0.05) is 12.1 Å². The van der Waals surface area contributed by atoms with Gasteiger partial charge in [0, 0.05) is 37.8 Å². The van der Waals surface area contributed by atoms with Crippen molar-refractivity contribution in [3.63, 3.8) is 0 Å². The average Bonchev–Trinajstić information content (AvgIpc) is 3.23. The molecule has 1 saturated heterocycles. The minimum atomic E-state index is -0.353. The molecule has 2 N–H and O–H groups in total. The second kappa shape index (κ2) is 9.20. The van der Waals surface area contributed by atoms with Crippen molar-refractivity contribution in [1.82, 2.24) is 20.2 Å². The first-order valence-electron chi connectivity index (χ1n) is 10.7. The molecule has 7 nitrogen and oxygen atoms in total. The molecular weight excluding hydrogens is 392 g/mol. The number of hydrogen-bond donors (Lipinski definition) is 2. The number of fused-ring (bicyclic) bond motifs is 1. The standard InChI is InChI=1S/C24H28N4O3/c1-16(29)27-22(18-5-7-19(31-2)8-6-18)14-23(30)28-12-9-17(10-13-28)21-15-26-24-20(21)4-3-11-25-24/h3-8,11,15,17,22H,9-10,12-14H2,1-2H3,(H,25,26)(H,27,29). The predicted molar refractivity (Wildman–Crippen MR) is 119 cm³/mol. The monoisotopic (exact) mass is 420 g/mol. The minimum Gasteiger partial charge on any atom is -0.497 e. The Morgan fingerprint density at radius 1 is 1.23 bits per heavy atom. The highest BCUT2D eigenvalue weighted by atomic mass is 16.5. The summed E-state index contributed by atoms with van der Waals surface area (Å²) < 4.78 is 5.21. The summed E-state index contributed by atoms with van der Waals surface area (Å²) in [6.45, 7) is 2.90. The number of benzene rings is 1. The lowest BCUT2D eigenvalue weighted by Gasteiger charge is -2.33. The summed E-state index contributed by atoms with van der Waals surface area (Å²) in [7, 11) is 1.61. The van der Waals surface area contributed by atoms with E-state index in [1.807, 2.05) is 35.2 Å². The molecule has 1 fully saturated rings. The maximum atomic E-state index is 13.0. The number of pyridine rings is 1. The molecule has 7 heteroatoms. The van der Waals surface area contributed by atoms with Gasteiger partial charge in [-0.25, -0.2) is 4.98 Å². The Bertz CT molecular complexity index is 1050. The summed E-state index contributed by atoms with van der Waals surface area (Å²) in [5.74, 6) is 1.06. The van der Waals surface area contributed by atoms with Crippen LogP contribution in [0.3, 0.4) is 0 Å². The molecule has 0 saturated carbocycles. The lowest BCUT2D eigenvalue weighted by atomic mass is 9.89. The molecule has 162 valence electrons. The number of carbonyl (C=O) groups is 2. The highest BCUT2D eigenvalue weighted by Crippen LogP contribution is 2.33. The molecule has 3 aromatic rings. The van der Waals surface area contributed by atoms with Gasteiger partial charge in [0.15, 0.2) is 0 Å². The highest BCUT2D eigenvalue weighted by Gasteiger charge is 2.27. The number of carbonyl (C=O) groups excluding carboxylic acids is 2. The summed E-state index contributed by atoms with van der Waals surface area (Å²) >= 11 is 0. The number of ether oxygens (including phenoxy) is 1. The van der Waals surface area contributed by atoms with Crippen LogP contribution in [-0.4, -0.2) is 46.9 Å². The Balaban J connectivity index is 1.40. The highest BCUT2D eigenvalue weighted by molar-refractivity contribution is 5.81. The van der Waals surface area contributed by atoms with Gasteiger partial charge in [-0.2, -0.15) is 0 Å². The number of H-pyrrole nitrogens is 1. The molecule has 3 heterocycles. The van der Waals surface area contributed by atoms with Crippen LogP contribution in [0.1, 0.15) is 49.3 Å². The predicted octanol–water partition coefficient (Wildman–Crippen LogP) is 3.55. The zero-order valence-electron chi connectivity index (χ0n) is 17.9. The van der Waals surface area contributed by atoms with E-state index in [9.17, 15) is 9.59 Å². The quantitative estimate of drug-likeness (QED) is 0.639. The first-order chi connectivity index (χ1) is 15.0. The van der Waals surface area contributed by atoms with E-state index in [4.69, 9.17) is 4.74 Å². The van der Waals surface area contributed by atoms with Crippen molar-refractivity contribution in [2.75, 3.05) is 20.2 Å². The molecular formula is C24H28N4O3. The Morgan fingerprint density at radius 2 is 1.97 bits per heavy atom. The smallest absolute Gasteiger partial charge is 0.224 e. The Hall–Kier alpha value is -3.35. The van der Waals surface area contributed by atoms with E-state index in [0.29, 0.717) is 19.0 Å². The van der Waals surface area contributed by atoms with Crippen LogP contribution in [0.25, 0.3) is 11.0 Å². The first kappa shape index (κ1) is 20.9. The fraction of sp³-hybridized carbons (Fsp3) is 0.375. The summed E-state index contributed by atoms with van der Waals surface area (Å²) in [4.78, 5) is 34.3. The molecule has 1 aromatic carbocycles. The topological polar surface area (TPSA) is 87.3 Å². The number of methoxy groups -OCH3 is 1. The van der Waals surface area contributed by atoms with Crippen LogP contribution in [-0.2, 0) is 9.59 Å². The Kier molecular flexibility index (Phi) is 6.21. The maximum absolute atomic E-state index is 13.0. The maximum Gasteiger partial charge on any atom is 0.224 e. The fourth-order valence-corrected chi connectivity index (χ4v) is 4.39. The van der Waals surface area contributed by atoms with E-state index < -0.39 is 0 Å². The summed E-state index contributed by atoms with van der Waals surface area (Å²) in [6.07, 6.45) is 5.92. The molecule has 1 atom stereocenters. The van der Waals surface area contributed by atoms with E-state index in [2.05, 4.69) is 27.5 Å². The number of rotatable bonds is 6. The van der Waals surface area contributed by atoms with Crippen molar-refractivity contribution in [2.45, 2.75) is 38.1 Å². The van der Waals surface area contributed by atoms with Gasteiger partial charge in [-0.15, -0.1) is 0 Å². The van der Waals surface area contributed by atoms with E-state index in [-0.39, 0.29) is 24.3 Å². The van der Waals surface area contributed by atoms with Gasteiger partial charge in [-0.05, 0) is 54.2 Å². The first-order valence-corrected chi connectivity index (χ1v) is 10.7. The molecule has 0 radical (unpaired) electrons. The minimum absolute atomic E-state index is 0.0635. The zero-order valence-corrected chi connectivity index (χ0v) is 17.9. The largest absolute Gasteiger partial charge is 0.497 e. The fourth-order valence-electron chi connectivity index (χ4n) is 4.39. The third-order valence-electron chi connectivity index (χ3n) is 6.05. The third kappa shape index (κ3) is 4.71. The van der Waals surface area contributed by atoms with Crippen LogP contribution in [0.2, 0.25) is 0 Å². The Morgan fingerprint density at radius 3 is 2.65 bits per heavy atom. The number of amides is 2. The van der Waals surface area contributed by atoms with Crippen molar-refractivity contribution in [2.24, 2.45) is 0 Å². The molecule has 0 spiro atoms. The van der Waals surface area contributed by atoms with Crippen molar-refractivity contribution in [3.8, 4) is 5.75 Å². The van der Waals surface area contributed by atoms with Crippen LogP contribution < -0.4 is 10.1 Å². The van der Waals surface area contributed by atoms with E-state index in [1.165, 1.54) is 12.5 Å². The number of piperidine rings is 1. The molecule has 2 aromatic heterocycles. The number of nitrogens with zero attached hydrogens (tertiary/aromatic N) is 2. The number of hydrogen-bond acceptors (Lipinski definition) is 4. The van der Waals surface area contributed by atoms with Crippen molar-refractivity contribution < 1.29 is 14.3 Å². The number of aromatic nitrogens is 2. The number of aromatic amines is 1. The van der Waals surface area contributed by atoms with Crippen LogP contribution in [0, 0.1) is 0 Å². The van der Waals surface area contributed by atoms with E-state index in [0.717, 1.165) is 35.2 Å². The SMILES string of the molecule is COc1ccc(C(CC(=O)N2CCC(c3c[nH]c4ncccc34)CC2)NC(C)=O)cc1. The average molecular weight is 421 g/mol. The van der Waals surface area contributed by atoms with Gasteiger partial charge < -0.3 is 19.9 Å².